The highest BCUT2D eigenvalue weighted by molar-refractivity contribution is 5.63. The van der Waals surface area contributed by atoms with E-state index in [0.29, 0.717) is 0 Å². The van der Waals surface area contributed by atoms with Gasteiger partial charge < -0.3 is 35.7 Å². The smallest absolute Gasteiger partial charge is 0.300 e. The quantitative estimate of drug-likeness (QED) is 0.317. The standard InChI is InChI=1S/C5H12O4.3C2H4O2/c1-5(9,3-7)4(8)2-6;3*1-2(3)4/h4,6-9H,2-3H2,1H3;3*1H3,(H,3,4)/t4-,5+;;;/m1.../s1. The summed E-state index contributed by atoms with van der Waals surface area (Å²) in [6.07, 6.45) is -1.28. The first kappa shape index (κ1) is 27.6. The first-order valence-corrected chi connectivity index (χ1v) is 5.45. The molecule has 0 aromatic carbocycles. The summed E-state index contributed by atoms with van der Waals surface area (Å²) in [5.41, 5.74) is -1.59. The van der Waals surface area contributed by atoms with Gasteiger partial charge in [-0.15, -0.1) is 0 Å². The van der Waals surface area contributed by atoms with Crippen molar-refractivity contribution >= 4 is 17.9 Å². The van der Waals surface area contributed by atoms with Crippen molar-refractivity contribution in [3.05, 3.63) is 0 Å². The van der Waals surface area contributed by atoms with E-state index in [1.54, 1.807) is 0 Å². The SMILES string of the molecule is CC(=O)O.CC(=O)O.CC(=O)O.C[C@](O)(CO)[C@H](O)CO. The molecular weight excluding hydrogens is 292 g/mol. The fourth-order valence-electron chi connectivity index (χ4n) is 0.302. The first-order valence-electron chi connectivity index (χ1n) is 5.45. The molecule has 0 spiro atoms. The van der Waals surface area contributed by atoms with E-state index in [0.717, 1.165) is 20.8 Å². The predicted octanol–water partition coefficient (Wildman–Crippen LogP) is -1.64. The molecule has 0 rings (SSSR count). The molecule has 10 nitrogen and oxygen atoms in total. The van der Waals surface area contributed by atoms with Gasteiger partial charge >= 0.3 is 0 Å². The average Bonchev–Trinajstić information content (AvgIpc) is 2.25. The summed E-state index contributed by atoms with van der Waals surface area (Å²) < 4.78 is 0. The van der Waals surface area contributed by atoms with Gasteiger partial charge in [-0.25, -0.2) is 0 Å². The second kappa shape index (κ2) is 16.3. The predicted molar refractivity (Wildman–Crippen MR) is 70.7 cm³/mol. The Morgan fingerprint density at radius 2 is 1.10 bits per heavy atom. The van der Waals surface area contributed by atoms with Crippen LogP contribution in [0.2, 0.25) is 0 Å². The number of aliphatic hydroxyl groups is 4. The number of carboxylic acid groups (broad SMARTS) is 3. The van der Waals surface area contributed by atoms with Crippen LogP contribution in [-0.2, 0) is 14.4 Å². The minimum atomic E-state index is -1.59. The second-order valence-corrected chi connectivity index (χ2v) is 3.77. The van der Waals surface area contributed by atoms with Gasteiger partial charge in [0.25, 0.3) is 17.9 Å². The van der Waals surface area contributed by atoms with Crippen molar-refractivity contribution in [2.24, 2.45) is 0 Å². The molecule has 21 heavy (non-hydrogen) atoms. The van der Waals surface area contributed by atoms with Gasteiger partial charge in [0.15, 0.2) is 0 Å². The molecule has 128 valence electrons. The molecule has 0 unspecified atom stereocenters. The number of aliphatic hydroxyl groups excluding tert-OH is 3. The van der Waals surface area contributed by atoms with Crippen molar-refractivity contribution in [2.45, 2.75) is 39.4 Å². The molecule has 2 atom stereocenters. The summed E-state index contributed by atoms with van der Waals surface area (Å²) in [6.45, 7) is 3.39. The summed E-state index contributed by atoms with van der Waals surface area (Å²) in [7, 11) is 0. The first-order chi connectivity index (χ1) is 9.24. The molecule has 7 N–H and O–H groups in total. The van der Waals surface area contributed by atoms with Crippen LogP contribution in [0.25, 0.3) is 0 Å². The van der Waals surface area contributed by atoms with Crippen molar-refractivity contribution in [3.63, 3.8) is 0 Å². The fraction of sp³-hybridized carbons (Fsp3) is 0.727. The van der Waals surface area contributed by atoms with Crippen LogP contribution >= 0.6 is 0 Å². The summed E-state index contributed by atoms with van der Waals surface area (Å²) >= 11 is 0. The van der Waals surface area contributed by atoms with Crippen LogP contribution in [-0.4, -0.2) is 78.6 Å². The van der Waals surface area contributed by atoms with E-state index in [4.69, 9.17) is 50.1 Å². The molecule has 0 radical (unpaired) electrons. The molecule has 0 bridgehead atoms. The number of rotatable bonds is 3. The zero-order valence-electron chi connectivity index (χ0n) is 12.3. The summed E-state index contributed by atoms with van der Waals surface area (Å²) in [4.78, 5) is 27.0. The normalized spacial score (nSPS) is 12.6. The van der Waals surface area contributed by atoms with Gasteiger partial charge in [0.1, 0.15) is 11.7 Å². The third-order valence-corrected chi connectivity index (χ3v) is 1.21. The fourth-order valence-corrected chi connectivity index (χ4v) is 0.302. The minimum Gasteiger partial charge on any atom is -0.481 e. The van der Waals surface area contributed by atoms with E-state index in [2.05, 4.69) is 0 Å². The Morgan fingerprint density at radius 3 is 1.14 bits per heavy atom. The Morgan fingerprint density at radius 1 is 0.905 bits per heavy atom. The monoisotopic (exact) mass is 316 g/mol. The largest absolute Gasteiger partial charge is 0.481 e. The third kappa shape index (κ3) is 56.3. The summed E-state index contributed by atoms with van der Waals surface area (Å²) in [6, 6.07) is 0. The van der Waals surface area contributed by atoms with Crippen LogP contribution in [0.4, 0.5) is 0 Å². The Balaban J connectivity index is -0.000000102. The lowest BCUT2D eigenvalue weighted by Crippen LogP contribution is -2.44. The van der Waals surface area contributed by atoms with E-state index >= 15 is 0 Å². The number of aliphatic carboxylic acids is 3. The summed E-state index contributed by atoms with van der Waals surface area (Å²) in [5.74, 6) is -2.50. The van der Waals surface area contributed by atoms with Gasteiger partial charge in [0, 0.05) is 20.8 Å². The number of carbonyl (C=O) groups is 3. The molecule has 0 saturated heterocycles. The van der Waals surface area contributed by atoms with Crippen LogP contribution < -0.4 is 0 Å². The molecule has 10 heteroatoms. The molecule has 0 amide bonds. The number of carboxylic acids is 3. The van der Waals surface area contributed by atoms with Crippen LogP contribution in [0.3, 0.4) is 0 Å². The molecule has 0 aliphatic heterocycles. The van der Waals surface area contributed by atoms with Gasteiger partial charge in [0.2, 0.25) is 0 Å². The van der Waals surface area contributed by atoms with Crippen molar-refractivity contribution in [3.8, 4) is 0 Å². The molecule has 0 aromatic heterocycles. The zero-order chi connectivity index (χ0) is 18.2. The second-order valence-electron chi connectivity index (χ2n) is 3.77. The Labute approximate surface area is 121 Å². The van der Waals surface area contributed by atoms with Gasteiger partial charge in [-0.1, -0.05) is 0 Å². The van der Waals surface area contributed by atoms with E-state index in [1.165, 1.54) is 6.92 Å². The molecular formula is C11H24O10. The maximum absolute atomic E-state index is 9.00. The van der Waals surface area contributed by atoms with E-state index in [9.17, 15) is 0 Å². The van der Waals surface area contributed by atoms with Crippen molar-refractivity contribution < 1.29 is 50.1 Å². The molecule has 0 aliphatic rings. The highest BCUT2D eigenvalue weighted by Gasteiger charge is 2.28. The maximum Gasteiger partial charge on any atom is 0.300 e. The van der Waals surface area contributed by atoms with Crippen molar-refractivity contribution in [1.29, 1.82) is 0 Å². The topological polar surface area (TPSA) is 193 Å². The zero-order valence-corrected chi connectivity index (χ0v) is 12.3. The van der Waals surface area contributed by atoms with E-state index < -0.39 is 42.8 Å². The lowest BCUT2D eigenvalue weighted by Gasteiger charge is -2.24. The molecule has 0 fully saturated rings. The maximum atomic E-state index is 9.00. The minimum absolute atomic E-state index is 0.548. The number of hydrogen-bond donors (Lipinski definition) is 7. The van der Waals surface area contributed by atoms with Gasteiger partial charge in [-0.05, 0) is 6.92 Å². The highest BCUT2D eigenvalue weighted by Crippen LogP contribution is 2.06. The molecule has 0 saturated carbocycles. The number of hydrogen-bond acceptors (Lipinski definition) is 7. The van der Waals surface area contributed by atoms with Gasteiger partial charge in [-0.3, -0.25) is 14.4 Å². The van der Waals surface area contributed by atoms with Crippen molar-refractivity contribution in [2.75, 3.05) is 13.2 Å². The van der Waals surface area contributed by atoms with Gasteiger partial charge in [-0.2, -0.15) is 0 Å². The Bertz CT molecular complexity index is 246. The van der Waals surface area contributed by atoms with Crippen molar-refractivity contribution in [1.82, 2.24) is 0 Å². The van der Waals surface area contributed by atoms with Crippen LogP contribution in [0.1, 0.15) is 27.7 Å². The lowest BCUT2D eigenvalue weighted by molar-refractivity contribution is -0.135. The Hall–Kier alpha value is -1.75. The lowest BCUT2D eigenvalue weighted by atomic mass is 10.0. The van der Waals surface area contributed by atoms with Gasteiger partial charge in [0.05, 0.1) is 13.2 Å². The highest BCUT2D eigenvalue weighted by atomic mass is 16.4. The van der Waals surface area contributed by atoms with Crippen LogP contribution in [0, 0.1) is 0 Å². The third-order valence-electron chi connectivity index (χ3n) is 1.21. The average molecular weight is 316 g/mol. The van der Waals surface area contributed by atoms with Crippen LogP contribution in [0.5, 0.6) is 0 Å². The molecule has 0 aromatic rings. The Kier molecular flexibility index (Phi) is 21.4. The molecule has 0 aliphatic carbocycles. The summed E-state index contributed by atoms with van der Waals surface area (Å²) in [5, 5.41) is 56.6. The molecule has 0 heterocycles. The van der Waals surface area contributed by atoms with Crippen LogP contribution in [0.15, 0.2) is 0 Å². The van der Waals surface area contributed by atoms with E-state index in [-0.39, 0.29) is 0 Å². The van der Waals surface area contributed by atoms with E-state index in [1.807, 2.05) is 0 Å².